The first-order valence-electron chi connectivity index (χ1n) is 13.6. The van der Waals surface area contributed by atoms with Crippen LogP contribution in [0.1, 0.15) is 0 Å². The zero-order valence-electron chi connectivity index (χ0n) is 22.0. The summed E-state index contributed by atoms with van der Waals surface area (Å²) in [7, 11) is 0. The van der Waals surface area contributed by atoms with Gasteiger partial charge in [-0.1, -0.05) is 121 Å². The number of benzene rings is 6. The lowest BCUT2D eigenvalue weighted by molar-refractivity contribution is 1.07. The molecule has 8 rings (SSSR count). The second-order valence-electron chi connectivity index (χ2n) is 10.1. The Morgan fingerprint density at radius 2 is 0.902 bits per heavy atom. The predicted octanol–water partition coefficient (Wildman–Crippen LogP) is 10.1. The van der Waals surface area contributed by atoms with Crippen molar-refractivity contribution in [2.24, 2.45) is 0 Å². The van der Waals surface area contributed by atoms with Gasteiger partial charge in [-0.3, -0.25) is 0 Å². The minimum absolute atomic E-state index is 0.670. The molecular weight excluding hydrogens is 518 g/mol. The molecule has 2 aromatic heterocycles. The molecule has 0 saturated carbocycles. The fourth-order valence-corrected chi connectivity index (χ4v) is 6.67. The second-order valence-corrected chi connectivity index (χ2v) is 11.1. The zero-order valence-corrected chi connectivity index (χ0v) is 22.8. The maximum absolute atomic E-state index is 4.92. The fourth-order valence-electron chi connectivity index (χ4n) is 5.45. The summed E-state index contributed by atoms with van der Waals surface area (Å²) < 4.78 is 2.61. The maximum atomic E-state index is 4.92. The van der Waals surface area contributed by atoms with Crippen LogP contribution in [-0.4, -0.2) is 15.0 Å². The van der Waals surface area contributed by atoms with Gasteiger partial charge in [0.25, 0.3) is 0 Å². The number of hydrogen-bond acceptors (Lipinski definition) is 4. The third-order valence-corrected chi connectivity index (χ3v) is 8.74. The summed E-state index contributed by atoms with van der Waals surface area (Å²) in [6.07, 6.45) is 0. The molecule has 0 aliphatic heterocycles. The Labute approximate surface area is 241 Å². The van der Waals surface area contributed by atoms with Gasteiger partial charge in [0.2, 0.25) is 0 Å². The van der Waals surface area contributed by atoms with Gasteiger partial charge in [-0.05, 0) is 40.1 Å². The summed E-state index contributed by atoms with van der Waals surface area (Å²) in [5.74, 6) is 2.01. The van der Waals surface area contributed by atoms with Crippen LogP contribution in [0.4, 0.5) is 0 Å². The monoisotopic (exact) mass is 541 g/mol. The van der Waals surface area contributed by atoms with E-state index in [9.17, 15) is 0 Å². The lowest BCUT2D eigenvalue weighted by atomic mass is 10.0. The summed E-state index contributed by atoms with van der Waals surface area (Å²) in [4.78, 5) is 14.7. The van der Waals surface area contributed by atoms with Gasteiger partial charge in [-0.15, -0.1) is 11.3 Å². The van der Waals surface area contributed by atoms with Crippen LogP contribution in [0.2, 0.25) is 0 Å². The Balaban J connectivity index is 1.27. The number of nitrogens with zero attached hydrogens (tertiary/aromatic N) is 3. The summed E-state index contributed by atoms with van der Waals surface area (Å²) in [5, 5.41) is 5.01. The van der Waals surface area contributed by atoms with E-state index in [-0.39, 0.29) is 0 Å². The van der Waals surface area contributed by atoms with Crippen LogP contribution >= 0.6 is 11.3 Å². The van der Waals surface area contributed by atoms with Crippen LogP contribution in [0.25, 0.3) is 76.2 Å². The highest BCUT2D eigenvalue weighted by Gasteiger charge is 2.14. The zero-order chi connectivity index (χ0) is 27.2. The second kappa shape index (κ2) is 9.77. The molecule has 0 amide bonds. The van der Waals surface area contributed by atoms with Crippen molar-refractivity contribution in [3.05, 3.63) is 140 Å². The van der Waals surface area contributed by atoms with Gasteiger partial charge in [0, 0.05) is 36.9 Å². The van der Waals surface area contributed by atoms with E-state index >= 15 is 0 Å². The standard InChI is InChI=1S/C37H23N3S/c1-4-10-24(11-5-1)27-18-21-33-32(23-27)31-20-16-28-22-29(17-19-30(28)34(31)41-33)37-39-35(25-12-6-2-7-13-25)38-36(40-37)26-14-8-3-9-15-26/h1-23H. The van der Waals surface area contributed by atoms with Crippen LogP contribution in [0, 0.1) is 0 Å². The summed E-state index contributed by atoms with van der Waals surface area (Å²) in [5.41, 5.74) is 5.39. The molecule has 2 heterocycles. The van der Waals surface area contributed by atoms with Crippen molar-refractivity contribution in [1.82, 2.24) is 15.0 Å². The molecule has 0 N–H and O–H groups in total. The normalized spacial score (nSPS) is 11.4. The Kier molecular flexibility index (Phi) is 5.64. The third-order valence-electron chi connectivity index (χ3n) is 7.52. The smallest absolute Gasteiger partial charge is 0.164 e. The van der Waals surface area contributed by atoms with Gasteiger partial charge in [0.15, 0.2) is 17.5 Å². The average molecular weight is 542 g/mol. The first-order valence-corrected chi connectivity index (χ1v) is 14.4. The Bertz CT molecular complexity index is 2130. The SMILES string of the molecule is c1ccc(-c2ccc3sc4c5ccc(-c6nc(-c7ccccc7)nc(-c7ccccc7)n6)cc5ccc4c3c2)cc1. The quantitative estimate of drug-likeness (QED) is 0.222. The predicted molar refractivity (Wildman–Crippen MR) is 172 cm³/mol. The van der Waals surface area contributed by atoms with E-state index in [1.807, 2.05) is 72.0 Å². The first kappa shape index (κ1) is 23.7. The first-order chi connectivity index (χ1) is 20.3. The number of aromatic nitrogens is 3. The van der Waals surface area contributed by atoms with E-state index in [4.69, 9.17) is 15.0 Å². The summed E-state index contributed by atoms with van der Waals surface area (Å²) in [6, 6.07) is 48.6. The minimum Gasteiger partial charge on any atom is -0.208 e. The van der Waals surface area contributed by atoms with E-state index in [0.29, 0.717) is 17.5 Å². The summed E-state index contributed by atoms with van der Waals surface area (Å²) >= 11 is 1.85. The van der Waals surface area contributed by atoms with Crippen molar-refractivity contribution in [3.8, 4) is 45.3 Å². The number of hydrogen-bond donors (Lipinski definition) is 0. The molecule has 0 bridgehead atoms. The molecule has 0 unspecified atom stereocenters. The fraction of sp³-hybridized carbons (Fsp3) is 0. The molecule has 41 heavy (non-hydrogen) atoms. The third kappa shape index (κ3) is 4.26. The minimum atomic E-state index is 0.670. The van der Waals surface area contributed by atoms with Crippen molar-refractivity contribution in [3.63, 3.8) is 0 Å². The van der Waals surface area contributed by atoms with Crippen molar-refractivity contribution in [1.29, 1.82) is 0 Å². The summed E-state index contributed by atoms with van der Waals surface area (Å²) in [6.45, 7) is 0. The highest BCUT2D eigenvalue weighted by atomic mass is 32.1. The van der Waals surface area contributed by atoms with Crippen molar-refractivity contribution in [2.45, 2.75) is 0 Å². The van der Waals surface area contributed by atoms with Gasteiger partial charge in [-0.2, -0.15) is 0 Å². The van der Waals surface area contributed by atoms with Crippen LogP contribution in [0.5, 0.6) is 0 Å². The van der Waals surface area contributed by atoms with Crippen molar-refractivity contribution < 1.29 is 0 Å². The number of rotatable bonds is 4. The van der Waals surface area contributed by atoms with E-state index in [0.717, 1.165) is 16.7 Å². The number of thiophene rings is 1. The lowest BCUT2D eigenvalue weighted by Gasteiger charge is -2.09. The lowest BCUT2D eigenvalue weighted by Crippen LogP contribution is -2.00. The molecule has 0 atom stereocenters. The topological polar surface area (TPSA) is 38.7 Å². The highest BCUT2D eigenvalue weighted by Crippen LogP contribution is 2.40. The maximum Gasteiger partial charge on any atom is 0.164 e. The van der Waals surface area contributed by atoms with Crippen molar-refractivity contribution >= 4 is 42.3 Å². The van der Waals surface area contributed by atoms with Gasteiger partial charge >= 0.3 is 0 Å². The van der Waals surface area contributed by atoms with Crippen LogP contribution in [0.3, 0.4) is 0 Å². The van der Waals surface area contributed by atoms with Crippen LogP contribution in [0.15, 0.2) is 140 Å². The van der Waals surface area contributed by atoms with E-state index < -0.39 is 0 Å². The molecule has 0 fully saturated rings. The Morgan fingerprint density at radius 3 is 1.54 bits per heavy atom. The molecule has 6 aromatic carbocycles. The van der Waals surface area contributed by atoms with Crippen LogP contribution < -0.4 is 0 Å². The largest absolute Gasteiger partial charge is 0.208 e. The molecule has 192 valence electrons. The van der Waals surface area contributed by atoms with Crippen molar-refractivity contribution in [2.75, 3.05) is 0 Å². The van der Waals surface area contributed by atoms with E-state index in [1.54, 1.807) is 0 Å². The Hall–Kier alpha value is -5.19. The molecule has 8 aromatic rings. The average Bonchev–Trinajstić information content (AvgIpc) is 3.44. The van der Waals surface area contributed by atoms with Gasteiger partial charge < -0.3 is 0 Å². The highest BCUT2D eigenvalue weighted by molar-refractivity contribution is 7.26. The van der Waals surface area contributed by atoms with Gasteiger partial charge in [0.05, 0.1) is 0 Å². The molecule has 0 aliphatic carbocycles. The molecular formula is C37H23N3S. The van der Waals surface area contributed by atoms with Gasteiger partial charge in [-0.25, -0.2) is 15.0 Å². The molecule has 0 radical (unpaired) electrons. The van der Waals surface area contributed by atoms with Gasteiger partial charge in [0.1, 0.15) is 0 Å². The molecule has 0 saturated heterocycles. The van der Waals surface area contributed by atoms with Crippen LogP contribution in [-0.2, 0) is 0 Å². The van der Waals surface area contributed by atoms with E-state index in [1.165, 1.54) is 42.1 Å². The van der Waals surface area contributed by atoms with E-state index in [2.05, 4.69) is 78.9 Å². The molecule has 0 aliphatic rings. The molecule has 3 nitrogen and oxygen atoms in total. The molecule has 4 heteroatoms. The number of fused-ring (bicyclic) bond motifs is 5. The molecule has 0 spiro atoms. The Morgan fingerprint density at radius 1 is 0.366 bits per heavy atom.